The maximum atomic E-state index is 11.4. The molecule has 4 heteroatoms. The number of rotatable bonds is 5. The lowest BCUT2D eigenvalue weighted by molar-refractivity contribution is -0.124. The van der Waals surface area contributed by atoms with Crippen LogP contribution >= 0.6 is 0 Å². The Morgan fingerprint density at radius 2 is 1.81 bits per heavy atom. The molecule has 1 amide bonds. The molecule has 0 radical (unpaired) electrons. The Hall–Kier alpha value is -1.03. The molecule has 16 heavy (non-hydrogen) atoms. The quantitative estimate of drug-likeness (QED) is 0.663. The maximum absolute atomic E-state index is 11.4. The van der Waals surface area contributed by atoms with Gasteiger partial charge in [0.05, 0.1) is 6.54 Å². The van der Waals surface area contributed by atoms with Gasteiger partial charge in [-0.25, -0.2) is 0 Å². The third-order valence-electron chi connectivity index (χ3n) is 1.76. The van der Waals surface area contributed by atoms with Crippen LogP contribution in [0.25, 0.3) is 0 Å². The van der Waals surface area contributed by atoms with E-state index in [-0.39, 0.29) is 11.8 Å². The van der Waals surface area contributed by atoms with Crippen LogP contribution in [0.5, 0.6) is 0 Å². The third kappa shape index (κ3) is 13.0. The van der Waals surface area contributed by atoms with Crippen molar-refractivity contribution in [1.82, 2.24) is 5.32 Å². The van der Waals surface area contributed by atoms with Crippen LogP contribution in [0.4, 0.5) is 0 Å². The van der Waals surface area contributed by atoms with Gasteiger partial charge in [0, 0.05) is 11.6 Å². The molecule has 0 aromatic heterocycles. The lowest BCUT2D eigenvalue weighted by Crippen LogP contribution is -2.32. The second-order valence-electron chi connectivity index (χ2n) is 4.31. The van der Waals surface area contributed by atoms with E-state index in [2.05, 4.69) is 25.7 Å². The van der Waals surface area contributed by atoms with Gasteiger partial charge in [-0.15, -0.1) is 0 Å². The summed E-state index contributed by atoms with van der Waals surface area (Å²) in [7, 11) is 0. The molecule has 0 rings (SSSR count). The highest BCUT2D eigenvalue weighted by Crippen LogP contribution is 2.10. The van der Waals surface area contributed by atoms with Crippen molar-refractivity contribution in [2.45, 2.75) is 34.1 Å². The first kappa shape index (κ1) is 17.4. The summed E-state index contributed by atoms with van der Waals surface area (Å²) in [6.45, 7) is 12.7. The van der Waals surface area contributed by atoms with Crippen LogP contribution in [0, 0.1) is 11.8 Å². The summed E-state index contributed by atoms with van der Waals surface area (Å²) in [5.41, 5.74) is 10.7. The summed E-state index contributed by atoms with van der Waals surface area (Å²) in [6, 6.07) is 0. The Bertz CT molecular complexity index is 202. The molecule has 5 N–H and O–H groups in total. The van der Waals surface area contributed by atoms with E-state index in [1.165, 1.54) is 0 Å². The predicted octanol–water partition coefficient (Wildman–Crippen LogP) is 1.22. The molecule has 0 fully saturated rings. The number of hydrogen-bond donors (Lipinski definition) is 3. The minimum absolute atomic E-state index is 0.0550. The molecule has 0 saturated heterocycles. The van der Waals surface area contributed by atoms with Crippen LogP contribution in [0.15, 0.2) is 12.3 Å². The molecule has 0 aliphatic rings. The van der Waals surface area contributed by atoms with Gasteiger partial charge >= 0.3 is 0 Å². The second kappa shape index (κ2) is 10.5. The van der Waals surface area contributed by atoms with Gasteiger partial charge in [-0.05, 0) is 18.9 Å². The molecule has 0 bridgehead atoms. The van der Waals surface area contributed by atoms with Gasteiger partial charge < -0.3 is 16.8 Å². The SMILES string of the molecule is C=C(N)CNC(=O)C(C)CC(C)C.CCN. The minimum Gasteiger partial charge on any atom is -0.401 e. The van der Waals surface area contributed by atoms with Gasteiger partial charge in [-0.2, -0.15) is 0 Å². The Balaban J connectivity index is 0. The zero-order chi connectivity index (χ0) is 13.1. The largest absolute Gasteiger partial charge is 0.401 e. The molecule has 0 aliphatic carbocycles. The first-order chi connectivity index (χ1) is 7.34. The van der Waals surface area contributed by atoms with E-state index >= 15 is 0 Å². The Morgan fingerprint density at radius 3 is 2.12 bits per heavy atom. The number of amides is 1. The van der Waals surface area contributed by atoms with Crippen LogP contribution in [0.1, 0.15) is 34.1 Å². The molecule has 1 unspecified atom stereocenters. The molecule has 0 aliphatic heterocycles. The van der Waals surface area contributed by atoms with Crippen LogP contribution in [-0.2, 0) is 4.79 Å². The van der Waals surface area contributed by atoms with Gasteiger partial charge in [-0.3, -0.25) is 4.79 Å². The lowest BCUT2D eigenvalue weighted by Gasteiger charge is -2.13. The van der Waals surface area contributed by atoms with Crippen molar-refractivity contribution in [3.63, 3.8) is 0 Å². The summed E-state index contributed by atoms with van der Waals surface area (Å²) < 4.78 is 0. The van der Waals surface area contributed by atoms with E-state index in [1.54, 1.807) is 0 Å². The van der Waals surface area contributed by atoms with Crippen LogP contribution in [0.3, 0.4) is 0 Å². The molecular formula is C12H27N3O. The smallest absolute Gasteiger partial charge is 0.223 e. The molecule has 0 saturated carbocycles. The zero-order valence-electron chi connectivity index (χ0n) is 11.0. The summed E-state index contributed by atoms with van der Waals surface area (Å²) >= 11 is 0. The highest BCUT2D eigenvalue weighted by atomic mass is 16.1. The highest BCUT2D eigenvalue weighted by molar-refractivity contribution is 5.78. The Kier molecular flexibility index (Phi) is 11.4. The predicted molar refractivity (Wildman–Crippen MR) is 69.7 cm³/mol. The number of hydrogen-bond acceptors (Lipinski definition) is 3. The average molecular weight is 229 g/mol. The van der Waals surface area contributed by atoms with Crippen molar-refractivity contribution in [2.75, 3.05) is 13.1 Å². The van der Waals surface area contributed by atoms with Crippen LogP contribution < -0.4 is 16.8 Å². The fraction of sp³-hybridized carbons (Fsp3) is 0.750. The summed E-state index contributed by atoms with van der Waals surface area (Å²) in [5, 5.41) is 2.72. The monoisotopic (exact) mass is 229 g/mol. The van der Waals surface area contributed by atoms with E-state index in [9.17, 15) is 4.79 Å². The van der Waals surface area contributed by atoms with Crippen LogP contribution in [0.2, 0.25) is 0 Å². The second-order valence-corrected chi connectivity index (χ2v) is 4.31. The zero-order valence-corrected chi connectivity index (χ0v) is 11.0. The summed E-state index contributed by atoms with van der Waals surface area (Å²) in [6.07, 6.45) is 0.906. The highest BCUT2D eigenvalue weighted by Gasteiger charge is 2.13. The number of carbonyl (C=O) groups is 1. The molecular weight excluding hydrogens is 202 g/mol. The molecule has 4 nitrogen and oxygen atoms in total. The fourth-order valence-corrected chi connectivity index (χ4v) is 1.19. The lowest BCUT2D eigenvalue weighted by atomic mass is 9.98. The molecule has 0 spiro atoms. The van der Waals surface area contributed by atoms with Gasteiger partial charge in [0.2, 0.25) is 5.91 Å². The van der Waals surface area contributed by atoms with Crippen molar-refractivity contribution in [1.29, 1.82) is 0 Å². The minimum atomic E-state index is 0.0550. The van der Waals surface area contributed by atoms with Crippen molar-refractivity contribution in [3.05, 3.63) is 12.3 Å². The normalized spacial score (nSPS) is 11.4. The molecule has 1 atom stereocenters. The molecule has 0 aromatic carbocycles. The first-order valence-corrected chi connectivity index (χ1v) is 5.76. The van der Waals surface area contributed by atoms with Crippen molar-refractivity contribution < 1.29 is 4.79 Å². The summed E-state index contributed by atoms with van der Waals surface area (Å²) in [5.74, 6) is 0.654. The first-order valence-electron chi connectivity index (χ1n) is 5.76. The van der Waals surface area contributed by atoms with Crippen molar-refractivity contribution in [3.8, 4) is 0 Å². The Labute approximate surface area is 99.5 Å². The van der Waals surface area contributed by atoms with Crippen molar-refractivity contribution in [2.24, 2.45) is 23.3 Å². The maximum Gasteiger partial charge on any atom is 0.223 e. The van der Waals surface area contributed by atoms with E-state index in [0.717, 1.165) is 13.0 Å². The number of nitrogens with one attached hydrogen (secondary N) is 1. The number of nitrogens with two attached hydrogens (primary N) is 2. The molecule has 0 heterocycles. The van der Waals surface area contributed by atoms with Gasteiger partial charge in [0.25, 0.3) is 0 Å². The van der Waals surface area contributed by atoms with Crippen LogP contribution in [-0.4, -0.2) is 19.0 Å². The third-order valence-corrected chi connectivity index (χ3v) is 1.76. The summed E-state index contributed by atoms with van der Waals surface area (Å²) in [4.78, 5) is 11.4. The number of carbonyl (C=O) groups excluding carboxylic acids is 1. The standard InChI is InChI=1S/C10H20N2O.C2H7N/c1-7(2)5-8(3)10(13)12-6-9(4)11;1-2-3/h7-8H,4-6,11H2,1-3H3,(H,12,13);2-3H2,1H3. The van der Waals surface area contributed by atoms with E-state index < -0.39 is 0 Å². The van der Waals surface area contributed by atoms with Gasteiger partial charge in [0.15, 0.2) is 0 Å². The van der Waals surface area contributed by atoms with E-state index in [0.29, 0.717) is 18.2 Å². The molecule has 96 valence electrons. The van der Waals surface area contributed by atoms with E-state index in [4.69, 9.17) is 11.5 Å². The fourth-order valence-electron chi connectivity index (χ4n) is 1.19. The van der Waals surface area contributed by atoms with E-state index in [1.807, 2.05) is 13.8 Å². The van der Waals surface area contributed by atoms with Crippen molar-refractivity contribution >= 4 is 5.91 Å². The van der Waals surface area contributed by atoms with Gasteiger partial charge in [-0.1, -0.05) is 34.3 Å². The molecule has 0 aromatic rings. The van der Waals surface area contributed by atoms with Gasteiger partial charge in [0.1, 0.15) is 0 Å². The topological polar surface area (TPSA) is 81.1 Å². The average Bonchev–Trinajstić information content (AvgIpc) is 2.14. The Morgan fingerprint density at radius 1 is 1.38 bits per heavy atom.